The summed E-state index contributed by atoms with van der Waals surface area (Å²) in [5.74, 6) is 0.471. The van der Waals surface area contributed by atoms with E-state index in [1.165, 1.54) is 12.1 Å². The van der Waals surface area contributed by atoms with Gasteiger partial charge >= 0.3 is 0 Å². The Morgan fingerprint density at radius 3 is 2.47 bits per heavy atom. The van der Waals surface area contributed by atoms with E-state index >= 15 is 0 Å². The van der Waals surface area contributed by atoms with Crippen LogP contribution in [-0.2, 0) is 0 Å². The first-order valence-electron chi connectivity index (χ1n) is 10.3. The Morgan fingerprint density at radius 2 is 1.87 bits per heavy atom. The van der Waals surface area contributed by atoms with Crippen molar-refractivity contribution >= 4 is 18.0 Å². The molecule has 0 aliphatic rings. The van der Waals surface area contributed by atoms with Crippen LogP contribution in [0.25, 0.3) is 5.57 Å². The first-order chi connectivity index (χ1) is 14.3. The molecule has 0 aliphatic heterocycles. The van der Waals surface area contributed by atoms with Crippen molar-refractivity contribution in [2.75, 3.05) is 0 Å². The molecule has 0 radical (unpaired) electrons. The van der Waals surface area contributed by atoms with Gasteiger partial charge in [0.1, 0.15) is 11.5 Å². The van der Waals surface area contributed by atoms with Crippen LogP contribution >= 0.6 is 0 Å². The summed E-state index contributed by atoms with van der Waals surface area (Å²) in [5, 5.41) is 3.55. The maximum atomic E-state index is 14.1. The molecule has 2 nitrogen and oxygen atoms in total. The number of aliphatic imine (C=N–C) groups is 1. The Kier molecular flexibility index (Phi) is 11.4. The van der Waals surface area contributed by atoms with Crippen molar-refractivity contribution in [3.63, 3.8) is 0 Å². The molecule has 0 unspecified atom stereocenters. The summed E-state index contributed by atoms with van der Waals surface area (Å²) in [7, 11) is 0. The molecule has 4 heteroatoms. The van der Waals surface area contributed by atoms with Crippen LogP contribution in [0.1, 0.15) is 53.0 Å². The average Bonchev–Trinajstić information content (AvgIpc) is 2.72. The maximum Gasteiger partial charge on any atom is 0.149 e. The summed E-state index contributed by atoms with van der Waals surface area (Å²) in [6.07, 6.45) is 13.3. The zero-order valence-corrected chi connectivity index (χ0v) is 18.8. The molecule has 1 N–H and O–H groups in total. The Morgan fingerprint density at radius 1 is 1.17 bits per heavy atom. The van der Waals surface area contributed by atoms with Gasteiger partial charge in [-0.05, 0) is 64.0 Å². The maximum absolute atomic E-state index is 14.1. The highest BCUT2D eigenvalue weighted by Gasteiger charge is 2.16. The van der Waals surface area contributed by atoms with Gasteiger partial charge in [0.25, 0.3) is 0 Å². The second-order valence-corrected chi connectivity index (χ2v) is 7.61. The predicted molar refractivity (Wildman–Crippen MR) is 127 cm³/mol. The van der Waals surface area contributed by atoms with Gasteiger partial charge in [0.2, 0.25) is 0 Å². The van der Waals surface area contributed by atoms with Crippen LogP contribution in [-0.4, -0.2) is 6.72 Å². The molecule has 30 heavy (non-hydrogen) atoms. The highest BCUT2D eigenvalue weighted by atomic mass is 19.1. The normalized spacial score (nSPS) is 14.7. The van der Waals surface area contributed by atoms with Gasteiger partial charge in [-0.1, -0.05) is 56.4 Å². The first-order valence-corrected chi connectivity index (χ1v) is 10.3. The van der Waals surface area contributed by atoms with Crippen molar-refractivity contribution in [2.45, 2.75) is 47.5 Å². The van der Waals surface area contributed by atoms with E-state index in [0.717, 1.165) is 35.4 Å². The van der Waals surface area contributed by atoms with Gasteiger partial charge in [0.05, 0.1) is 6.33 Å². The molecular formula is C26H34F2N2. The lowest BCUT2D eigenvalue weighted by Crippen LogP contribution is -2.21. The molecule has 0 saturated heterocycles. The van der Waals surface area contributed by atoms with E-state index in [1.54, 1.807) is 12.1 Å². The second kappa shape index (κ2) is 13.5. The molecular weight excluding hydrogens is 378 g/mol. The number of hydrogen-bond donors (Lipinski definition) is 1. The molecule has 0 saturated carbocycles. The van der Waals surface area contributed by atoms with Gasteiger partial charge in [-0.3, -0.25) is 4.99 Å². The van der Waals surface area contributed by atoms with Crippen LogP contribution in [0.3, 0.4) is 0 Å². The van der Waals surface area contributed by atoms with Crippen LogP contribution < -0.4 is 5.32 Å². The van der Waals surface area contributed by atoms with Crippen molar-refractivity contribution in [1.29, 1.82) is 0 Å². The molecule has 162 valence electrons. The summed E-state index contributed by atoms with van der Waals surface area (Å²) in [6, 6.07) is 4.93. The van der Waals surface area contributed by atoms with E-state index in [2.05, 4.69) is 43.0 Å². The molecule has 1 aromatic rings. The first kappa shape index (κ1) is 25.3. The number of nitrogens with zero attached hydrogens (tertiary/aromatic N) is 1. The Hall–Kier alpha value is -2.75. The molecule has 0 bridgehead atoms. The molecule has 0 fully saturated rings. The molecule has 0 aliphatic carbocycles. The Balaban J connectivity index is 3.10. The fourth-order valence-corrected chi connectivity index (χ4v) is 3.31. The zero-order chi connectivity index (χ0) is 22.5. The summed E-state index contributed by atoms with van der Waals surface area (Å²) in [5.41, 5.74) is 4.01. The van der Waals surface area contributed by atoms with Crippen LogP contribution in [0.2, 0.25) is 0 Å². The molecule has 0 amide bonds. The third-order valence-electron chi connectivity index (χ3n) is 4.91. The number of hydrogen-bond acceptors (Lipinski definition) is 2. The van der Waals surface area contributed by atoms with E-state index in [-0.39, 0.29) is 11.5 Å². The monoisotopic (exact) mass is 412 g/mol. The average molecular weight is 413 g/mol. The van der Waals surface area contributed by atoms with Gasteiger partial charge < -0.3 is 5.32 Å². The number of nitrogens with one attached hydrogen (secondary N) is 1. The third-order valence-corrected chi connectivity index (χ3v) is 4.91. The Bertz CT molecular complexity index is 843. The summed E-state index contributed by atoms with van der Waals surface area (Å²) >= 11 is 0. The number of allylic oxidation sites excluding steroid dienone is 9. The summed E-state index contributed by atoms with van der Waals surface area (Å²) in [4.78, 5) is 3.87. The molecule has 0 spiro atoms. The highest BCUT2D eigenvalue weighted by molar-refractivity contribution is 5.76. The molecule has 1 aromatic carbocycles. The topological polar surface area (TPSA) is 24.4 Å². The van der Waals surface area contributed by atoms with Gasteiger partial charge in [-0.25, -0.2) is 8.78 Å². The van der Waals surface area contributed by atoms with Crippen molar-refractivity contribution in [3.8, 4) is 0 Å². The molecule has 0 aromatic heterocycles. The van der Waals surface area contributed by atoms with E-state index in [9.17, 15) is 8.78 Å². The Labute approximate surface area is 180 Å². The lowest BCUT2D eigenvalue weighted by atomic mass is 9.90. The number of para-hydroxylation sites is 1. The minimum Gasteiger partial charge on any atom is -0.362 e. The second-order valence-electron chi connectivity index (χ2n) is 7.61. The van der Waals surface area contributed by atoms with Crippen LogP contribution in [0.5, 0.6) is 0 Å². The van der Waals surface area contributed by atoms with Gasteiger partial charge in [-0.2, -0.15) is 0 Å². The molecule has 1 rings (SSSR count). The van der Waals surface area contributed by atoms with Crippen LogP contribution in [0, 0.1) is 17.7 Å². The van der Waals surface area contributed by atoms with Crippen LogP contribution in [0.15, 0.2) is 77.4 Å². The van der Waals surface area contributed by atoms with Crippen molar-refractivity contribution in [3.05, 3.63) is 83.8 Å². The van der Waals surface area contributed by atoms with Gasteiger partial charge in [0.15, 0.2) is 0 Å². The number of rotatable bonds is 11. The standard InChI is InChI=1S/C26H34F2N2/c1-7-25(22(18-19(2)3)14-11-9-8-10-12-17-27)30-21(5)20(4)23-15-13-16-24(28)26(23)29-6/h7-13,15-17,19,22,30H,6,14,18H2,1-5H3/b10-8-,11-9+,17-12-,21-20+,25-7-/t22-/m0/s1. The zero-order valence-electron chi connectivity index (χ0n) is 18.8. The third kappa shape index (κ3) is 7.94. The largest absolute Gasteiger partial charge is 0.362 e. The highest BCUT2D eigenvalue weighted by Crippen LogP contribution is 2.31. The van der Waals surface area contributed by atoms with Crippen LogP contribution in [0.4, 0.5) is 14.5 Å². The van der Waals surface area contributed by atoms with E-state index in [0.29, 0.717) is 18.2 Å². The van der Waals surface area contributed by atoms with Crippen molar-refractivity contribution < 1.29 is 8.78 Å². The summed E-state index contributed by atoms with van der Waals surface area (Å²) < 4.78 is 26.1. The fraction of sp³-hybridized carbons (Fsp3) is 0.346. The van der Waals surface area contributed by atoms with Gasteiger partial charge in [0, 0.05) is 22.9 Å². The lowest BCUT2D eigenvalue weighted by Gasteiger charge is -2.24. The van der Waals surface area contributed by atoms with Crippen molar-refractivity contribution in [1.82, 2.24) is 5.32 Å². The van der Waals surface area contributed by atoms with Gasteiger partial charge in [-0.15, -0.1) is 0 Å². The molecule has 1 atom stereocenters. The van der Waals surface area contributed by atoms with E-state index < -0.39 is 0 Å². The smallest absolute Gasteiger partial charge is 0.149 e. The fourth-order valence-electron chi connectivity index (χ4n) is 3.31. The quantitative estimate of drug-likeness (QED) is 0.288. The minimum absolute atomic E-state index is 0.272. The minimum atomic E-state index is -0.376. The van der Waals surface area contributed by atoms with E-state index in [4.69, 9.17) is 0 Å². The predicted octanol–water partition coefficient (Wildman–Crippen LogP) is 8.05. The number of halogens is 2. The summed E-state index contributed by atoms with van der Waals surface area (Å²) in [6.45, 7) is 13.9. The van der Waals surface area contributed by atoms with Crippen molar-refractivity contribution in [2.24, 2.45) is 16.8 Å². The SMILES string of the molecule is C=Nc1c(F)cccc1/C(C)=C(\C)N/C(=C\C)[C@@H](C/C=C/C=C\C=C/F)CC(C)C. The number of benzene rings is 1. The molecule has 0 heterocycles. The lowest BCUT2D eigenvalue weighted by molar-refractivity contribution is 0.446. The van der Waals surface area contributed by atoms with E-state index in [1.807, 2.05) is 39.0 Å².